The van der Waals surface area contributed by atoms with Gasteiger partial charge >= 0.3 is 0 Å². The fourth-order valence-corrected chi connectivity index (χ4v) is 2.71. The highest BCUT2D eigenvalue weighted by molar-refractivity contribution is 5.94. The number of amides is 1. The predicted molar refractivity (Wildman–Crippen MR) is 99.2 cm³/mol. The monoisotopic (exact) mass is 356 g/mol. The van der Waals surface area contributed by atoms with Crippen molar-refractivity contribution >= 4 is 17.4 Å². The first-order valence-corrected chi connectivity index (χ1v) is 8.85. The summed E-state index contributed by atoms with van der Waals surface area (Å²) in [6.45, 7) is 5.08. The summed E-state index contributed by atoms with van der Waals surface area (Å²) < 4.78 is 11.1. The molecule has 0 bridgehead atoms. The molecule has 0 saturated carbocycles. The minimum absolute atomic E-state index is 0.0172. The molecule has 138 valence electrons. The molecule has 26 heavy (non-hydrogen) atoms. The SMILES string of the molecule is CC(C)Oc1nccnc1NCc1cccc(NC(=O)C2CCCO2)c1. The highest BCUT2D eigenvalue weighted by Gasteiger charge is 2.23. The van der Waals surface area contributed by atoms with Gasteiger partial charge < -0.3 is 20.1 Å². The Morgan fingerprint density at radius 2 is 2.19 bits per heavy atom. The number of nitrogens with zero attached hydrogens (tertiary/aromatic N) is 2. The van der Waals surface area contributed by atoms with Gasteiger partial charge in [0.2, 0.25) is 0 Å². The minimum Gasteiger partial charge on any atom is -0.472 e. The van der Waals surface area contributed by atoms with Gasteiger partial charge in [0.1, 0.15) is 6.10 Å². The molecule has 1 aromatic heterocycles. The fourth-order valence-electron chi connectivity index (χ4n) is 2.71. The Morgan fingerprint density at radius 3 is 2.96 bits per heavy atom. The zero-order valence-electron chi connectivity index (χ0n) is 15.1. The third-order valence-electron chi connectivity index (χ3n) is 3.89. The summed E-state index contributed by atoms with van der Waals surface area (Å²) >= 11 is 0. The van der Waals surface area contributed by atoms with Gasteiger partial charge in [-0.3, -0.25) is 4.79 Å². The van der Waals surface area contributed by atoms with E-state index in [0.29, 0.717) is 24.8 Å². The van der Waals surface area contributed by atoms with Crippen LogP contribution in [0.5, 0.6) is 5.88 Å². The number of hydrogen-bond donors (Lipinski definition) is 2. The highest BCUT2D eigenvalue weighted by Crippen LogP contribution is 2.21. The number of anilines is 2. The summed E-state index contributed by atoms with van der Waals surface area (Å²) in [6, 6.07) is 7.68. The molecule has 1 aliphatic rings. The molecular formula is C19H24N4O3. The minimum atomic E-state index is -0.341. The van der Waals surface area contributed by atoms with Gasteiger partial charge in [-0.25, -0.2) is 9.97 Å². The third kappa shape index (κ3) is 4.92. The van der Waals surface area contributed by atoms with Crippen LogP contribution in [0.25, 0.3) is 0 Å². The Labute approximate surface area is 153 Å². The molecule has 1 saturated heterocycles. The standard InChI is InChI=1S/C19H24N4O3/c1-13(2)26-19-17(20-8-9-21-19)22-12-14-5-3-6-15(11-14)23-18(24)16-7-4-10-25-16/h3,5-6,8-9,11,13,16H,4,7,10,12H2,1-2H3,(H,20,22)(H,23,24). The van der Waals surface area contributed by atoms with Crippen molar-refractivity contribution < 1.29 is 14.3 Å². The van der Waals surface area contributed by atoms with E-state index in [1.807, 2.05) is 38.1 Å². The van der Waals surface area contributed by atoms with E-state index in [1.165, 1.54) is 0 Å². The maximum absolute atomic E-state index is 12.2. The van der Waals surface area contributed by atoms with Crippen LogP contribution in [0.2, 0.25) is 0 Å². The third-order valence-corrected chi connectivity index (χ3v) is 3.89. The van der Waals surface area contributed by atoms with E-state index in [2.05, 4.69) is 20.6 Å². The van der Waals surface area contributed by atoms with Crippen molar-refractivity contribution in [2.45, 2.75) is 45.4 Å². The van der Waals surface area contributed by atoms with E-state index in [1.54, 1.807) is 12.4 Å². The average molecular weight is 356 g/mol. The van der Waals surface area contributed by atoms with Gasteiger partial charge in [0.25, 0.3) is 11.8 Å². The Morgan fingerprint density at radius 1 is 1.35 bits per heavy atom. The maximum atomic E-state index is 12.2. The summed E-state index contributed by atoms with van der Waals surface area (Å²) in [5, 5.41) is 6.15. The van der Waals surface area contributed by atoms with Crippen molar-refractivity contribution in [3.05, 3.63) is 42.2 Å². The van der Waals surface area contributed by atoms with Crippen LogP contribution in [0.1, 0.15) is 32.3 Å². The van der Waals surface area contributed by atoms with E-state index in [9.17, 15) is 4.79 Å². The molecule has 1 aliphatic heterocycles. The molecule has 1 aromatic carbocycles. The van der Waals surface area contributed by atoms with Crippen molar-refractivity contribution in [3.63, 3.8) is 0 Å². The Balaban J connectivity index is 1.61. The van der Waals surface area contributed by atoms with Crippen molar-refractivity contribution in [3.8, 4) is 5.88 Å². The molecular weight excluding hydrogens is 332 g/mol. The van der Waals surface area contributed by atoms with Gasteiger partial charge in [-0.1, -0.05) is 12.1 Å². The van der Waals surface area contributed by atoms with Crippen molar-refractivity contribution in [1.29, 1.82) is 0 Å². The number of carbonyl (C=O) groups is 1. The molecule has 0 aliphatic carbocycles. The first-order chi connectivity index (χ1) is 12.6. The zero-order valence-corrected chi connectivity index (χ0v) is 15.1. The number of hydrogen-bond acceptors (Lipinski definition) is 6. The predicted octanol–water partition coefficient (Wildman–Crippen LogP) is 2.99. The molecule has 2 N–H and O–H groups in total. The number of ether oxygens (including phenoxy) is 2. The first kappa shape index (κ1) is 18.1. The smallest absolute Gasteiger partial charge is 0.257 e. The van der Waals surface area contributed by atoms with Crippen molar-refractivity contribution in [2.24, 2.45) is 0 Å². The van der Waals surface area contributed by atoms with E-state index < -0.39 is 0 Å². The zero-order chi connectivity index (χ0) is 18.4. The summed E-state index contributed by atoms with van der Waals surface area (Å²) in [4.78, 5) is 20.7. The van der Waals surface area contributed by atoms with E-state index in [-0.39, 0.29) is 18.1 Å². The lowest BCUT2D eigenvalue weighted by Crippen LogP contribution is -2.26. The van der Waals surface area contributed by atoms with Crippen LogP contribution in [0.15, 0.2) is 36.7 Å². The van der Waals surface area contributed by atoms with Crippen LogP contribution in [0.3, 0.4) is 0 Å². The molecule has 2 aromatic rings. The normalized spacial score (nSPS) is 16.5. The molecule has 1 atom stereocenters. The summed E-state index contributed by atoms with van der Waals surface area (Å²) in [5.41, 5.74) is 1.76. The largest absolute Gasteiger partial charge is 0.472 e. The molecule has 7 nitrogen and oxygen atoms in total. The first-order valence-electron chi connectivity index (χ1n) is 8.85. The van der Waals surface area contributed by atoms with Crippen LogP contribution in [0, 0.1) is 0 Å². The van der Waals surface area contributed by atoms with Gasteiger partial charge in [0, 0.05) is 31.2 Å². The Hall–Kier alpha value is -2.67. The van der Waals surface area contributed by atoms with Crippen molar-refractivity contribution in [2.75, 3.05) is 17.2 Å². The summed E-state index contributed by atoms with van der Waals surface area (Å²) in [5.74, 6) is 0.981. The lowest BCUT2D eigenvalue weighted by Gasteiger charge is -2.14. The van der Waals surface area contributed by atoms with Gasteiger partial charge in [-0.2, -0.15) is 0 Å². The van der Waals surface area contributed by atoms with Gasteiger partial charge in [0.05, 0.1) is 6.10 Å². The molecule has 0 spiro atoms. The summed E-state index contributed by atoms with van der Waals surface area (Å²) in [6.07, 6.45) is 4.60. The highest BCUT2D eigenvalue weighted by atomic mass is 16.5. The summed E-state index contributed by atoms with van der Waals surface area (Å²) in [7, 11) is 0. The molecule has 2 heterocycles. The van der Waals surface area contributed by atoms with Gasteiger partial charge in [-0.15, -0.1) is 0 Å². The number of benzene rings is 1. The topological polar surface area (TPSA) is 85.4 Å². The van der Waals surface area contributed by atoms with Gasteiger partial charge in [0.15, 0.2) is 5.82 Å². The maximum Gasteiger partial charge on any atom is 0.257 e. The number of aromatic nitrogens is 2. The number of nitrogens with one attached hydrogen (secondary N) is 2. The number of rotatable bonds is 7. The lowest BCUT2D eigenvalue weighted by atomic mass is 10.2. The second-order valence-electron chi connectivity index (χ2n) is 6.42. The molecule has 0 radical (unpaired) electrons. The fraction of sp³-hybridized carbons (Fsp3) is 0.421. The average Bonchev–Trinajstić information content (AvgIpc) is 3.16. The van der Waals surface area contributed by atoms with E-state index in [0.717, 1.165) is 24.1 Å². The van der Waals surface area contributed by atoms with Gasteiger partial charge in [-0.05, 0) is 44.4 Å². The Kier molecular flexibility index (Phi) is 6.01. The Bertz CT molecular complexity index is 745. The number of carbonyl (C=O) groups excluding carboxylic acids is 1. The molecule has 1 fully saturated rings. The molecule has 3 rings (SSSR count). The van der Waals surface area contributed by atoms with Crippen LogP contribution < -0.4 is 15.4 Å². The van der Waals surface area contributed by atoms with Crippen LogP contribution in [-0.2, 0) is 16.1 Å². The second-order valence-corrected chi connectivity index (χ2v) is 6.42. The molecule has 7 heteroatoms. The second kappa shape index (κ2) is 8.62. The molecule has 1 amide bonds. The lowest BCUT2D eigenvalue weighted by molar-refractivity contribution is -0.124. The van der Waals surface area contributed by atoms with E-state index >= 15 is 0 Å². The van der Waals surface area contributed by atoms with Crippen molar-refractivity contribution in [1.82, 2.24) is 9.97 Å². The molecule has 1 unspecified atom stereocenters. The quantitative estimate of drug-likeness (QED) is 0.793. The van der Waals surface area contributed by atoms with E-state index in [4.69, 9.17) is 9.47 Å². The van der Waals surface area contributed by atoms with Crippen LogP contribution >= 0.6 is 0 Å². The van der Waals surface area contributed by atoms with Crippen LogP contribution in [-0.4, -0.2) is 34.7 Å². The van der Waals surface area contributed by atoms with Crippen LogP contribution in [0.4, 0.5) is 11.5 Å².